The Morgan fingerprint density at radius 1 is 1.00 bits per heavy atom. The molecule has 0 spiro atoms. The fourth-order valence-corrected chi connectivity index (χ4v) is 4.24. The number of ether oxygens (including phenoxy) is 1. The van der Waals surface area contributed by atoms with Crippen molar-refractivity contribution in [2.24, 2.45) is 0 Å². The minimum Gasteiger partial charge on any atom is -0.489 e. The smallest absolute Gasteiger partial charge is 0.264 e. The number of amides is 1. The number of carbonyl (C=O) groups is 1. The van der Waals surface area contributed by atoms with Crippen LogP contribution in [-0.2, 0) is 13.2 Å². The van der Waals surface area contributed by atoms with Gasteiger partial charge in [0.05, 0.1) is 4.88 Å². The van der Waals surface area contributed by atoms with Gasteiger partial charge in [0.2, 0.25) is 0 Å². The minimum atomic E-state index is -0.171. The Labute approximate surface area is 174 Å². The number of hydrogen-bond donors (Lipinski definition) is 0. The first-order valence-electron chi connectivity index (χ1n) is 9.69. The Kier molecular flexibility index (Phi) is 6.22. The third-order valence-corrected chi connectivity index (χ3v) is 5.99. The Bertz CT molecular complexity index is 952. The molecule has 0 atom stereocenters. The van der Waals surface area contributed by atoms with Gasteiger partial charge < -0.3 is 9.64 Å². The lowest BCUT2D eigenvalue weighted by atomic mass is 10.2. The summed E-state index contributed by atoms with van der Waals surface area (Å²) in [6, 6.07) is 18.4. The van der Waals surface area contributed by atoms with Gasteiger partial charge in [-0.3, -0.25) is 9.69 Å². The van der Waals surface area contributed by atoms with Crippen LogP contribution in [-0.4, -0.2) is 41.9 Å². The molecule has 0 unspecified atom stereocenters. The van der Waals surface area contributed by atoms with Crippen LogP contribution in [0.1, 0.15) is 20.8 Å². The molecule has 0 N–H and O–H groups in total. The van der Waals surface area contributed by atoms with E-state index in [-0.39, 0.29) is 11.7 Å². The van der Waals surface area contributed by atoms with Crippen LogP contribution in [0.15, 0.2) is 66.0 Å². The Morgan fingerprint density at radius 2 is 1.72 bits per heavy atom. The molecule has 1 fully saturated rings. The number of hydrogen-bond acceptors (Lipinski definition) is 4. The summed E-state index contributed by atoms with van der Waals surface area (Å²) in [7, 11) is 0. The van der Waals surface area contributed by atoms with Crippen molar-refractivity contribution in [2.45, 2.75) is 13.2 Å². The molecule has 1 saturated heterocycles. The molecule has 0 bridgehead atoms. The zero-order chi connectivity index (χ0) is 20.1. The maximum Gasteiger partial charge on any atom is 0.264 e. The van der Waals surface area contributed by atoms with Gasteiger partial charge in [0, 0.05) is 43.9 Å². The van der Waals surface area contributed by atoms with Crippen LogP contribution in [0.2, 0.25) is 0 Å². The Balaban J connectivity index is 1.28. The van der Waals surface area contributed by atoms with E-state index in [9.17, 15) is 9.18 Å². The van der Waals surface area contributed by atoms with E-state index >= 15 is 0 Å². The van der Waals surface area contributed by atoms with Crippen molar-refractivity contribution in [2.75, 3.05) is 26.2 Å². The van der Waals surface area contributed by atoms with E-state index in [0.717, 1.165) is 29.3 Å². The van der Waals surface area contributed by atoms with Gasteiger partial charge in [-0.25, -0.2) is 4.39 Å². The fraction of sp³-hybridized carbons (Fsp3) is 0.261. The lowest BCUT2D eigenvalue weighted by Gasteiger charge is -2.34. The van der Waals surface area contributed by atoms with Crippen LogP contribution < -0.4 is 4.74 Å². The van der Waals surface area contributed by atoms with Gasteiger partial charge in [0.25, 0.3) is 5.91 Å². The minimum absolute atomic E-state index is 0.0616. The molecule has 4 rings (SSSR count). The summed E-state index contributed by atoms with van der Waals surface area (Å²) in [5.74, 6) is 0.707. The molecule has 0 aliphatic carbocycles. The van der Waals surface area contributed by atoms with Gasteiger partial charge in [-0.1, -0.05) is 36.4 Å². The van der Waals surface area contributed by atoms with Crippen molar-refractivity contribution in [1.82, 2.24) is 9.80 Å². The summed E-state index contributed by atoms with van der Waals surface area (Å²) in [6.45, 7) is 3.83. The van der Waals surface area contributed by atoms with E-state index in [0.29, 0.717) is 31.8 Å². The highest BCUT2D eigenvalue weighted by Gasteiger charge is 2.23. The van der Waals surface area contributed by atoms with E-state index in [1.165, 1.54) is 17.4 Å². The van der Waals surface area contributed by atoms with Gasteiger partial charge >= 0.3 is 0 Å². The second-order valence-electron chi connectivity index (χ2n) is 7.08. The molecule has 3 aromatic rings. The number of thiophene rings is 1. The first-order chi connectivity index (χ1) is 14.2. The quantitative estimate of drug-likeness (QED) is 0.603. The van der Waals surface area contributed by atoms with E-state index in [4.69, 9.17) is 4.74 Å². The van der Waals surface area contributed by atoms with E-state index < -0.39 is 0 Å². The molecule has 0 saturated carbocycles. The molecule has 0 radical (unpaired) electrons. The first kappa shape index (κ1) is 19.6. The van der Waals surface area contributed by atoms with Gasteiger partial charge in [-0.2, -0.15) is 0 Å². The van der Waals surface area contributed by atoms with Crippen molar-refractivity contribution < 1.29 is 13.9 Å². The number of carbonyl (C=O) groups excluding carboxylic acids is 1. The zero-order valence-electron chi connectivity index (χ0n) is 16.1. The number of nitrogens with zero attached hydrogens (tertiary/aromatic N) is 2. The molecule has 1 aliphatic rings. The van der Waals surface area contributed by atoms with Crippen LogP contribution in [0.3, 0.4) is 0 Å². The highest BCUT2D eigenvalue weighted by Crippen LogP contribution is 2.20. The zero-order valence-corrected chi connectivity index (χ0v) is 16.9. The summed E-state index contributed by atoms with van der Waals surface area (Å²) in [4.78, 5) is 17.6. The molecule has 1 amide bonds. The second kappa shape index (κ2) is 9.20. The topological polar surface area (TPSA) is 32.8 Å². The highest BCUT2D eigenvalue weighted by atomic mass is 32.1. The monoisotopic (exact) mass is 410 g/mol. The number of benzene rings is 2. The predicted octanol–water partition coefficient (Wildman–Crippen LogP) is 4.42. The largest absolute Gasteiger partial charge is 0.489 e. The maximum atomic E-state index is 13.8. The highest BCUT2D eigenvalue weighted by molar-refractivity contribution is 7.12. The summed E-state index contributed by atoms with van der Waals surface area (Å²) in [6.07, 6.45) is 0. The van der Waals surface area contributed by atoms with Crippen LogP contribution in [0.25, 0.3) is 0 Å². The van der Waals surface area contributed by atoms with Crippen molar-refractivity contribution in [3.05, 3.63) is 87.9 Å². The molecule has 1 aromatic heterocycles. The number of rotatable bonds is 6. The van der Waals surface area contributed by atoms with Gasteiger partial charge in [0.15, 0.2) is 0 Å². The maximum absolute atomic E-state index is 13.8. The molecule has 2 heterocycles. The van der Waals surface area contributed by atoms with E-state index in [1.807, 2.05) is 58.8 Å². The van der Waals surface area contributed by atoms with Crippen molar-refractivity contribution in [3.8, 4) is 5.75 Å². The molecule has 1 aliphatic heterocycles. The normalized spacial score (nSPS) is 14.7. The number of piperazine rings is 1. The van der Waals surface area contributed by atoms with Gasteiger partial charge in [-0.15, -0.1) is 11.3 Å². The van der Waals surface area contributed by atoms with E-state index in [2.05, 4.69) is 4.90 Å². The summed E-state index contributed by atoms with van der Waals surface area (Å²) in [5, 5.41) is 1.98. The molecule has 2 aromatic carbocycles. The molecule has 4 nitrogen and oxygen atoms in total. The lowest BCUT2D eigenvalue weighted by molar-refractivity contribution is 0.0631. The van der Waals surface area contributed by atoms with Gasteiger partial charge in [0.1, 0.15) is 18.2 Å². The molecule has 150 valence electrons. The lowest BCUT2D eigenvalue weighted by Crippen LogP contribution is -2.48. The van der Waals surface area contributed by atoms with E-state index in [1.54, 1.807) is 6.07 Å². The standard InChI is InChI=1S/C23H23FN2O2S/c24-21-9-5-4-6-19(21)15-25-10-12-26(13-11-25)23(27)22-14-18(17-29-22)16-28-20-7-2-1-3-8-20/h1-9,14,17H,10-13,15-16H2. The Morgan fingerprint density at radius 3 is 2.48 bits per heavy atom. The number of halogens is 1. The first-order valence-corrected chi connectivity index (χ1v) is 10.6. The van der Waals surface area contributed by atoms with Crippen molar-refractivity contribution in [3.63, 3.8) is 0 Å². The van der Waals surface area contributed by atoms with Crippen molar-refractivity contribution >= 4 is 17.2 Å². The fourth-order valence-electron chi connectivity index (χ4n) is 3.38. The molecular weight excluding hydrogens is 387 g/mol. The van der Waals surface area contributed by atoms with Crippen molar-refractivity contribution in [1.29, 1.82) is 0 Å². The number of para-hydroxylation sites is 1. The van der Waals surface area contributed by atoms with Crippen LogP contribution >= 0.6 is 11.3 Å². The molecule has 6 heteroatoms. The molecular formula is C23H23FN2O2S. The third kappa shape index (κ3) is 5.02. The average Bonchev–Trinajstić information content (AvgIpc) is 3.24. The summed E-state index contributed by atoms with van der Waals surface area (Å²) >= 11 is 1.46. The third-order valence-electron chi connectivity index (χ3n) is 5.02. The van der Waals surface area contributed by atoms with Crippen LogP contribution in [0.4, 0.5) is 4.39 Å². The predicted molar refractivity (Wildman–Crippen MR) is 113 cm³/mol. The van der Waals surface area contributed by atoms with Gasteiger partial charge in [-0.05, 0) is 29.6 Å². The SMILES string of the molecule is O=C(c1cc(COc2ccccc2)cs1)N1CCN(Cc2ccccc2F)CC1. The van der Waals surface area contributed by atoms with Crippen LogP contribution in [0, 0.1) is 5.82 Å². The Hall–Kier alpha value is -2.70. The summed E-state index contributed by atoms with van der Waals surface area (Å²) in [5.41, 5.74) is 1.70. The molecule has 29 heavy (non-hydrogen) atoms. The second-order valence-corrected chi connectivity index (χ2v) is 7.99. The average molecular weight is 411 g/mol. The summed E-state index contributed by atoms with van der Waals surface area (Å²) < 4.78 is 19.6. The van der Waals surface area contributed by atoms with Crippen LogP contribution in [0.5, 0.6) is 5.75 Å².